The number of anilines is 2. The Morgan fingerprint density at radius 3 is 2.81 bits per heavy atom. The molecule has 1 aromatic heterocycles. The van der Waals surface area contributed by atoms with Crippen LogP contribution in [0.25, 0.3) is 0 Å². The van der Waals surface area contributed by atoms with Crippen LogP contribution in [0.1, 0.15) is 19.2 Å². The number of carbonyl (C=O) groups is 1. The summed E-state index contributed by atoms with van der Waals surface area (Å²) in [7, 11) is 0. The average molecular weight is 787 g/mol. The van der Waals surface area contributed by atoms with Crippen LogP contribution in [-0.4, -0.2) is 36.4 Å². The van der Waals surface area contributed by atoms with Crippen molar-refractivity contribution in [1.29, 1.82) is 0 Å². The van der Waals surface area contributed by atoms with E-state index in [4.69, 9.17) is 0 Å². The molecular formula is C20H23F3I3N5O. The number of benzene rings is 1. The summed E-state index contributed by atoms with van der Waals surface area (Å²) in [6, 6.07) is 6.17. The van der Waals surface area contributed by atoms with E-state index in [0.29, 0.717) is 5.69 Å². The van der Waals surface area contributed by atoms with Crippen molar-refractivity contribution in [2.45, 2.75) is 17.3 Å². The summed E-state index contributed by atoms with van der Waals surface area (Å²) in [5.41, 5.74) is 0.343. The number of rotatable bonds is 11. The van der Waals surface area contributed by atoms with Gasteiger partial charge in [-0.1, -0.05) is 4.51 Å². The van der Waals surface area contributed by atoms with Crippen LogP contribution in [0, 0.1) is 9.39 Å². The Labute approximate surface area is 216 Å². The molecule has 0 aliphatic carbocycles. The van der Waals surface area contributed by atoms with Crippen molar-refractivity contribution >= 4 is 85.3 Å². The molecule has 2 rings (SSSR count). The van der Waals surface area contributed by atoms with Gasteiger partial charge in [0.1, 0.15) is 0 Å². The zero-order chi connectivity index (χ0) is 23.7. The molecule has 0 fully saturated rings. The van der Waals surface area contributed by atoms with Crippen molar-refractivity contribution < 1.29 is 18.0 Å². The number of hydrogen-bond donors (Lipinski definition) is 2. The molecular weight excluding hydrogens is 764 g/mol. The SMILES string of the molecule is C=IC(F)(F)c1nccc(N(I)/C=C/C(=O)Nc2ccc(I(C)CNCCC)c(F)c2)n1. The third-order valence-electron chi connectivity index (χ3n) is 3.89. The molecule has 1 aromatic carbocycles. The third-order valence-corrected chi connectivity index (χ3v) is 10.7. The molecule has 0 aliphatic rings. The second-order valence-corrected chi connectivity index (χ2v) is 14.8. The molecule has 0 bridgehead atoms. The van der Waals surface area contributed by atoms with Gasteiger partial charge >= 0.3 is 179 Å². The number of halogens is 6. The van der Waals surface area contributed by atoms with Gasteiger partial charge in [-0.3, -0.25) is 0 Å². The first-order chi connectivity index (χ1) is 15.2. The van der Waals surface area contributed by atoms with Gasteiger partial charge in [0, 0.05) is 0 Å². The van der Waals surface area contributed by atoms with Gasteiger partial charge in [0.25, 0.3) is 0 Å². The van der Waals surface area contributed by atoms with Crippen LogP contribution in [0.15, 0.2) is 42.7 Å². The summed E-state index contributed by atoms with van der Waals surface area (Å²) in [5, 5.41) is 5.93. The van der Waals surface area contributed by atoms with E-state index in [0.717, 1.165) is 21.1 Å². The number of nitrogens with one attached hydrogen (secondary N) is 2. The molecule has 1 heterocycles. The second-order valence-electron chi connectivity index (χ2n) is 6.34. The van der Waals surface area contributed by atoms with Gasteiger partial charge in [-0.25, -0.2) is 4.98 Å². The van der Waals surface area contributed by atoms with E-state index in [1.165, 1.54) is 33.7 Å². The maximum atomic E-state index is 14.5. The van der Waals surface area contributed by atoms with Crippen LogP contribution >= 0.6 is 63.4 Å². The van der Waals surface area contributed by atoms with Crippen LogP contribution < -0.4 is 13.7 Å². The summed E-state index contributed by atoms with van der Waals surface area (Å²) in [6.07, 6.45) is 4.85. The molecule has 12 heteroatoms. The fourth-order valence-corrected chi connectivity index (χ4v) is 6.81. The van der Waals surface area contributed by atoms with E-state index in [1.54, 1.807) is 12.1 Å². The van der Waals surface area contributed by atoms with E-state index in [1.807, 2.05) is 22.9 Å². The van der Waals surface area contributed by atoms with Gasteiger partial charge in [-0.15, -0.1) is 0 Å². The predicted molar refractivity (Wildman–Crippen MR) is 150 cm³/mol. The molecule has 6 nitrogen and oxygen atoms in total. The van der Waals surface area contributed by atoms with E-state index in [9.17, 15) is 18.0 Å². The summed E-state index contributed by atoms with van der Waals surface area (Å²) in [6.45, 7) is 2.99. The van der Waals surface area contributed by atoms with Gasteiger partial charge in [-0.2, -0.15) is 8.78 Å². The van der Waals surface area contributed by atoms with E-state index >= 15 is 0 Å². The van der Waals surface area contributed by atoms with Crippen LogP contribution in [0.5, 0.6) is 0 Å². The Morgan fingerprint density at radius 1 is 1.41 bits per heavy atom. The van der Waals surface area contributed by atoms with Gasteiger partial charge in [0.05, 0.1) is 0 Å². The maximum absolute atomic E-state index is 14.5. The van der Waals surface area contributed by atoms with Crippen LogP contribution in [0.3, 0.4) is 0 Å². The molecule has 2 aromatic rings. The monoisotopic (exact) mass is 787 g/mol. The summed E-state index contributed by atoms with van der Waals surface area (Å²) >= 11 is -1.47. The molecule has 0 spiro atoms. The van der Waals surface area contributed by atoms with Crippen molar-refractivity contribution in [3.05, 3.63) is 58.0 Å². The zero-order valence-electron chi connectivity index (χ0n) is 17.4. The number of nitrogens with zero attached hydrogens (tertiary/aromatic N) is 3. The van der Waals surface area contributed by atoms with Crippen LogP contribution in [0.2, 0.25) is 0 Å². The quantitative estimate of drug-likeness (QED) is 0.0772. The molecule has 0 saturated heterocycles. The van der Waals surface area contributed by atoms with Gasteiger partial charge in [0.2, 0.25) is 0 Å². The van der Waals surface area contributed by atoms with Crippen molar-refractivity contribution in [2.75, 3.05) is 24.5 Å². The Morgan fingerprint density at radius 2 is 2.16 bits per heavy atom. The predicted octanol–water partition coefficient (Wildman–Crippen LogP) is 5.64. The number of alkyl halides is 5. The molecule has 1 amide bonds. The Bertz CT molecular complexity index is 977. The Hall–Kier alpha value is -0.880. The zero-order valence-corrected chi connectivity index (χ0v) is 23.9. The summed E-state index contributed by atoms with van der Waals surface area (Å²) < 4.78 is 45.2. The fourth-order valence-electron chi connectivity index (χ4n) is 2.35. The molecule has 0 aliphatic heterocycles. The molecule has 0 saturated carbocycles. The number of carbonyl (C=O) groups excluding carboxylic acids is 1. The standard InChI is InChI=1S/C20H23F3I3N5O/c1-4-9-27-13-26(3)16-6-5-14(12-15(16)21)29-18(32)8-11-31(24)17-7-10-28-19(30-17)20(22,23)25-2/h5-8,10-12,27H,2,4,9,13H2,1,3H3,(H,29,32)/b11-8+. The van der Waals surface area contributed by atoms with Crippen molar-refractivity contribution in [2.24, 2.45) is 0 Å². The van der Waals surface area contributed by atoms with Crippen molar-refractivity contribution in [1.82, 2.24) is 15.3 Å². The first-order valence-electron chi connectivity index (χ1n) is 9.29. The Balaban J connectivity index is 2.01. The number of aromatic nitrogens is 2. The average Bonchev–Trinajstić information content (AvgIpc) is 2.77. The topological polar surface area (TPSA) is 70.2 Å². The van der Waals surface area contributed by atoms with Crippen LogP contribution in [-0.2, 0) is 8.72 Å². The van der Waals surface area contributed by atoms with Gasteiger partial charge in [0.15, 0.2) is 0 Å². The van der Waals surface area contributed by atoms with E-state index < -0.39 is 56.2 Å². The van der Waals surface area contributed by atoms with E-state index in [2.05, 4.69) is 37.0 Å². The first kappa shape index (κ1) is 27.4. The molecule has 2 N–H and O–H groups in total. The molecule has 0 atom stereocenters. The fraction of sp³-hybridized carbons (Fsp3) is 0.300. The normalized spacial score (nSPS) is 12.1. The molecule has 0 unspecified atom stereocenters. The Kier molecular flexibility index (Phi) is 11.2. The van der Waals surface area contributed by atoms with Crippen LogP contribution in [0.4, 0.5) is 24.7 Å². The summed E-state index contributed by atoms with van der Waals surface area (Å²) in [4.78, 5) is 21.8. The third kappa shape index (κ3) is 8.16. The van der Waals surface area contributed by atoms with Crippen molar-refractivity contribution in [3.63, 3.8) is 0 Å². The first-order valence-corrected chi connectivity index (χ1v) is 17.6. The summed E-state index contributed by atoms with van der Waals surface area (Å²) in [5.74, 6) is -1.20. The van der Waals surface area contributed by atoms with Gasteiger partial charge in [-0.05, 0) is 20.7 Å². The minimum absolute atomic E-state index is 0.198. The van der Waals surface area contributed by atoms with Crippen molar-refractivity contribution in [3.8, 4) is 0 Å². The minimum atomic E-state index is -3.13. The molecule has 0 radical (unpaired) electrons. The van der Waals surface area contributed by atoms with E-state index in [-0.39, 0.29) is 11.6 Å². The molecule has 32 heavy (non-hydrogen) atoms. The molecule has 176 valence electrons. The van der Waals surface area contributed by atoms with Gasteiger partial charge < -0.3 is 0 Å². The number of amides is 1. The second kappa shape index (κ2) is 13.1. The number of hydrogen-bond acceptors (Lipinski definition) is 5.